The van der Waals surface area contributed by atoms with Gasteiger partial charge in [-0.2, -0.15) is 0 Å². The first-order chi connectivity index (χ1) is 14.6. The first kappa shape index (κ1) is 23.7. The largest absolute Gasteiger partial charge is 0.204 e. The molecule has 0 aliphatic heterocycles. The molecular weight excluding hydrogens is 374 g/mol. The second-order valence-corrected chi connectivity index (χ2v) is 10.5. The quantitative estimate of drug-likeness (QED) is 0.314. The molecule has 30 heavy (non-hydrogen) atoms. The summed E-state index contributed by atoms with van der Waals surface area (Å²) in [7, 11) is 0. The van der Waals surface area contributed by atoms with Crippen LogP contribution in [-0.2, 0) is 5.41 Å². The first-order valence-corrected chi connectivity index (χ1v) is 13.0. The maximum Gasteiger partial charge on any atom is 0.159 e. The molecule has 2 aliphatic carbocycles. The molecule has 2 fully saturated rings. The van der Waals surface area contributed by atoms with Gasteiger partial charge in [0, 0.05) is 0 Å². The van der Waals surface area contributed by atoms with Crippen molar-refractivity contribution in [3.63, 3.8) is 0 Å². The third kappa shape index (κ3) is 6.30. The molecule has 0 bridgehead atoms. The summed E-state index contributed by atoms with van der Waals surface area (Å²) < 4.78 is 27.5. The van der Waals surface area contributed by atoms with Crippen molar-refractivity contribution in [1.82, 2.24) is 0 Å². The highest BCUT2D eigenvalue weighted by Gasteiger charge is 2.35. The Hall–Kier alpha value is -0.920. The number of unbranched alkanes of at least 4 members (excludes halogenated alkanes) is 4. The molecule has 0 saturated heterocycles. The van der Waals surface area contributed by atoms with E-state index in [-0.39, 0.29) is 5.41 Å². The third-order valence-electron chi connectivity index (χ3n) is 8.43. The van der Waals surface area contributed by atoms with Gasteiger partial charge in [-0.1, -0.05) is 90.0 Å². The van der Waals surface area contributed by atoms with Crippen LogP contribution in [0.3, 0.4) is 0 Å². The zero-order valence-electron chi connectivity index (χ0n) is 19.4. The Bertz CT molecular complexity index is 624. The lowest BCUT2D eigenvalue weighted by atomic mass is 9.65. The minimum atomic E-state index is -0.716. The van der Waals surface area contributed by atoms with Gasteiger partial charge in [0.2, 0.25) is 0 Å². The van der Waals surface area contributed by atoms with Crippen molar-refractivity contribution in [1.29, 1.82) is 0 Å². The second-order valence-electron chi connectivity index (χ2n) is 10.5. The van der Waals surface area contributed by atoms with Crippen molar-refractivity contribution in [3.8, 4) is 0 Å². The van der Waals surface area contributed by atoms with E-state index in [1.54, 1.807) is 0 Å². The van der Waals surface area contributed by atoms with Crippen LogP contribution in [0.4, 0.5) is 8.78 Å². The van der Waals surface area contributed by atoms with E-state index in [1.807, 2.05) is 6.07 Å². The standard InChI is InChI=1S/C28H44F2/c1-2-3-4-7-16-27(17-8-5-9-18-27)19-12-13-22-28(20-10-6-11-21-28)24-14-15-25(29)26(30)23-24/h14-15,23H,2-13,16-22H2,1H3. The Balaban J connectivity index is 1.57. The molecule has 0 amide bonds. The van der Waals surface area contributed by atoms with Gasteiger partial charge in [-0.3, -0.25) is 0 Å². The van der Waals surface area contributed by atoms with Crippen LogP contribution in [0.25, 0.3) is 0 Å². The van der Waals surface area contributed by atoms with Crippen LogP contribution in [0.2, 0.25) is 0 Å². The maximum atomic E-state index is 14.0. The summed E-state index contributed by atoms with van der Waals surface area (Å²) in [5.41, 5.74) is 1.73. The van der Waals surface area contributed by atoms with Gasteiger partial charge in [-0.05, 0) is 73.5 Å². The van der Waals surface area contributed by atoms with E-state index >= 15 is 0 Å². The fraction of sp³-hybridized carbons (Fsp3) is 0.786. The van der Waals surface area contributed by atoms with E-state index in [4.69, 9.17) is 0 Å². The number of hydrogen-bond donors (Lipinski definition) is 0. The smallest absolute Gasteiger partial charge is 0.159 e. The van der Waals surface area contributed by atoms with E-state index in [1.165, 1.54) is 115 Å². The normalized spacial score (nSPS) is 20.9. The highest BCUT2D eigenvalue weighted by Crippen LogP contribution is 2.47. The Morgan fingerprint density at radius 1 is 0.667 bits per heavy atom. The van der Waals surface area contributed by atoms with E-state index in [0.29, 0.717) is 5.41 Å². The summed E-state index contributed by atoms with van der Waals surface area (Å²) in [5.74, 6) is -1.39. The predicted octanol–water partition coefficient (Wildman–Crippen LogP) is 9.65. The molecule has 0 nitrogen and oxygen atoms in total. The van der Waals surface area contributed by atoms with Crippen LogP contribution >= 0.6 is 0 Å². The lowest BCUT2D eigenvalue weighted by molar-refractivity contribution is 0.144. The third-order valence-corrected chi connectivity index (χ3v) is 8.43. The van der Waals surface area contributed by atoms with Gasteiger partial charge >= 0.3 is 0 Å². The van der Waals surface area contributed by atoms with Crippen LogP contribution in [-0.4, -0.2) is 0 Å². The average Bonchev–Trinajstić information content (AvgIpc) is 2.78. The predicted molar refractivity (Wildman–Crippen MR) is 124 cm³/mol. The van der Waals surface area contributed by atoms with Crippen LogP contribution in [0, 0.1) is 17.0 Å². The summed E-state index contributed by atoms with van der Waals surface area (Å²) >= 11 is 0. The van der Waals surface area contributed by atoms with Crippen LogP contribution in [0.1, 0.15) is 134 Å². The van der Waals surface area contributed by atoms with Gasteiger partial charge in [-0.25, -0.2) is 8.78 Å². The van der Waals surface area contributed by atoms with E-state index in [9.17, 15) is 8.78 Å². The van der Waals surface area contributed by atoms with Crippen molar-refractivity contribution >= 4 is 0 Å². The van der Waals surface area contributed by atoms with Crippen molar-refractivity contribution in [2.75, 3.05) is 0 Å². The average molecular weight is 419 g/mol. The molecular formula is C28H44F2. The van der Waals surface area contributed by atoms with E-state index in [2.05, 4.69) is 6.92 Å². The Morgan fingerprint density at radius 3 is 1.90 bits per heavy atom. The highest BCUT2D eigenvalue weighted by molar-refractivity contribution is 5.27. The minimum absolute atomic E-state index is 0.0770. The molecule has 170 valence electrons. The molecule has 1 aromatic carbocycles. The summed E-state index contributed by atoms with van der Waals surface area (Å²) in [5, 5.41) is 0. The fourth-order valence-corrected chi connectivity index (χ4v) is 6.55. The second kappa shape index (κ2) is 11.6. The topological polar surface area (TPSA) is 0 Å². The zero-order chi connectivity index (χ0) is 21.3. The number of rotatable bonds is 11. The molecule has 1 aromatic rings. The van der Waals surface area contributed by atoms with Crippen molar-refractivity contribution < 1.29 is 8.78 Å². The van der Waals surface area contributed by atoms with Crippen LogP contribution in [0.15, 0.2) is 18.2 Å². The minimum Gasteiger partial charge on any atom is -0.204 e. The molecule has 0 heterocycles. The number of halogens is 2. The number of benzene rings is 1. The molecule has 2 saturated carbocycles. The lowest BCUT2D eigenvalue weighted by Crippen LogP contribution is -2.30. The SMILES string of the molecule is CCCCCCC1(CCCCC2(c3ccc(F)c(F)c3)CCCCC2)CCCCC1. The summed E-state index contributed by atoms with van der Waals surface area (Å²) in [4.78, 5) is 0. The van der Waals surface area contributed by atoms with Gasteiger partial charge < -0.3 is 0 Å². The molecule has 0 spiro atoms. The molecule has 0 radical (unpaired) electrons. The Labute approximate surface area is 184 Å². The Kier molecular flexibility index (Phi) is 9.20. The van der Waals surface area contributed by atoms with Gasteiger partial charge in [0.05, 0.1) is 0 Å². The lowest BCUT2D eigenvalue weighted by Gasteiger charge is -2.40. The zero-order valence-corrected chi connectivity index (χ0v) is 19.4. The molecule has 2 heteroatoms. The van der Waals surface area contributed by atoms with Crippen molar-refractivity contribution in [2.45, 2.75) is 134 Å². The van der Waals surface area contributed by atoms with Crippen molar-refractivity contribution in [2.24, 2.45) is 5.41 Å². The summed E-state index contributed by atoms with van der Waals surface area (Å²) in [6.45, 7) is 2.30. The fourth-order valence-electron chi connectivity index (χ4n) is 6.55. The molecule has 0 aromatic heterocycles. The first-order valence-electron chi connectivity index (χ1n) is 13.0. The number of hydrogen-bond acceptors (Lipinski definition) is 0. The monoisotopic (exact) mass is 418 g/mol. The summed E-state index contributed by atoms with van der Waals surface area (Å²) in [6, 6.07) is 4.70. The van der Waals surface area contributed by atoms with Gasteiger partial charge in [-0.15, -0.1) is 0 Å². The molecule has 0 atom stereocenters. The van der Waals surface area contributed by atoms with Crippen LogP contribution in [0.5, 0.6) is 0 Å². The molecule has 2 aliphatic rings. The molecule has 3 rings (SSSR count). The van der Waals surface area contributed by atoms with Crippen LogP contribution < -0.4 is 0 Å². The van der Waals surface area contributed by atoms with Gasteiger partial charge in [0.1, 0.15) is 0 Å². The van der Waals surface area contributed by atoms with Gasteiger partial charge in [0.25, 0.3) is 0 Å². The molecule has 0 N–H and O–H groups in total. The van der Waals surface area contributed by atoms with E-state index < -0.39 is 11.6 Å². The maximum absolute atomic E-state index is 14.0. The van der Waals surface area contributed by atoms with E-state index in [0.717, 1.165) is 24.8 Å². The highest BCUT2D eigenvalue weighted by atomic mass is 19.2. The summed E-state index contributed by atoms with van der Waals surface area (Å²) in [6.07, 6.45) is 25.2. The van der Waals surface area contributed by atoms with Gasteiger partial charge in [0.15, 0.2) is 11.6 Å². The molecule has 0 unspecified atom stereocenters. The van der Waals surface area contributed by atoms with Crippen molar-refractivity contribution in [3.05, 3.63) is 35.4 Å². The Morgan fingerprint density at radius 2 is 1.27 bits per heavy atom.